The maximum atomic E-state index is 12.5. The van der Waals surface area contributed by atoms with Gasteiger partial charge in [0.25, 0.3) is 11.5 Å². The van der Waals surface area contributed by atoms with Crippen LogP contribution in [0.5, 0.6) is 0 Å². The van der Waals surface area contributed by atoms with Crippen molar-refractivity contribution in [2.45, 2.75) is 19.9 Å². The summed E-state index contributed by atoms with van der Waals surface area (Å²) in [5.74, 6) is -0.460. The van der Waals surface area contributed by atoms with Gasteiger partial charge in [-0.3, -0.25) is 14.6 Å². The number of carbonyl (C=O) groups excluding carboxylic acids is 1. The van der Waals surface area contributed by atoms with Crippen molar-refractivity contribution in [3.05, 3.63) is 52.6 Å². The monoisotopic (exact) mass is 397 g/mol. The molecular weight excluding hydrogens is 374 g/mol. The van der Waals surface area contributed by atoms with Gasteiger partial charge in [-0.05, 0) is 24.1 Å². The van der Waals surface area contributed by atoms with Crippen LogP contribution in [-0.4, -0.2) is 43.5 Å². The zero-order valence-electron chi connectivity index (χ0n) is 16.1. The van der Waals surface area contributed by atoms with E-state index >= 15 is 0 Å². The van der Waals surface area contributed by atoms with E-state index in [9.17, 15) is 9.59 Å². The second-order valence-electron chi connectivity index (χ2n) is 6.73. The molecule has 0 spiro atoms. The number of hydrogen-bond donors (Lipinski definition) is 5. The summed E-state index contributed by atoms with van der Waals surface area (Å²) >= 11 is 0. The first-order valence-electron chi connectivity index (χ1n) is 9.03. The Kier molecular flexibility index (Phi) is 5.88. The van der Waals surface area contributed by atoms with Gasteiger partial charge in [0.2, 0.25) is 5.95 Å². The Balaban J connectivity index is 1.98. The molecular formula is C18H23N9O2. The van der Waals surface area contributed by atoms with E-state index in [-0.39, 0.29) is 29.3 Å². The van der Waals surface area contributed by atoms with Crippen LogP contribution in [0, 0.1) is 5.92 Å². The minimum absolute atomic E-state index is 0.0360. The Hall–Kier alpha value is -3.73. The number of amides is 1. The number of rotatable bonds is 8. The molecule has 29 heavy (non-hydrogen) atoms. The summed E-state index contributed by atoms with van der Waals surface area (Å²) in [4.78, 5) is 32.6. The van der Waals surface area contributed by atoms with Crippen LogP contribution in [0.4, 0.5) is 17.5 Å². The average Bonchev–Trinajstić information content (AvgIpc) is 3.20. The van der Waals surface area contributed by atoms with E-state index in [0.717, 1.165) is 0 Å². The molecule has 0 fully saturated rings. The van der Waals surface area contributed by atoms with Gasteiger partial charge < -0.3 is 22.1 Å². The number of aromatic amines is 1. The van der Waals surface area contributed by atoms with Crippen molar-refractivity contribution < 1.29 is 4.79 Å². The first kappa shape index (κ1) is 20.0. The van der Waals surface area contributed by atoms with Crippen molar-refractivity contribution in [3.63, 3.8) is 0 Å². The van der Waals surface area contributed by atoms with E-state index < -0.39 is 11.5 Å². The standard InChI is InChI=1S/C18H23N9O2/c1-10(2)13(9-19)24-18-25-16(14(15(20)28)17(29)26-18)23-11-4-3-5-12(8-11)27-21-6-7-22-27/h3-8,10,13H,9,19H2,1-2H3,(H2,20,28)(H3,23,24,25,26,29)/t13-/m0/s1. The third-order valence-corrected chi connectivity index (χ3v) is 4.31. The lowest BCUT2D eigenvalue weighted by Crippen LogP contribution is -2.36. The lowest BCUT2D eigenvalue weighted by molar-refractivity contribution is 0.0999. The third kappa shape index (κ3) is 4.58. The van der Waals surface area contributed by atoms with Gasteiger partial charge in [0.1, 0.15) is 5.56 Å². The minimum Gasteiger partial charge on any atom is -0.365 e. The normalized spacial score (nSPS) is 12.0. The van der Waals surface area contributed by atoms with E-state index in [4.69, 9.17) is 11.5 Å². The fourth-order valence-electron chi connectivity index (χ4n) is 2.73. The summed E-state index contributed by atoms with van der Waals surface area (Å²) in [5.41, 5.74) is 11.5. The number of nitrogens with two attached hydrogens (primary N) is 2. The van der Waals surface area contributed by atoms with Crippen LogP contribution < -0.4 is 27.7 Å². The molecule has 2 heterocycles. The van der Waals surface area contributed by atoms with Gasteiger partial charge in [-0.1, -0.05) is 19.9 Å². The Morgan fingerprint density at radius 1 is 1.28 bits per heavy atom. The second-order valence-corrected chi connectivity index (χ2v) is 6.73. The van der Waals surface area contributed by atoms with Crippen molar-refractivity contribution in [1.82, 2.24) is 25.0 Å². The van der Waals surface area contributed by atoms with E-state index in [1.165, 1.54) is 4.80 Å². The maximum absolute atomic E-state index is 12.5. The van der Waals surface area contributed by atoms with Crippen LogP contribution in [0.25, 0.3) is 5.69 Å². The van der Waals surface area contributed by atoms with Gasteiger partial charge in [0.05, 0.1) is 18.1 Å². The molecule has 0 aliphatic heterocycles. The SMILES string of the molecule is CC(C)[C@H](CN)Nc1nc(Nc2cccc(-n3nccn3)c2)c(C(N)=O)c(=O)[nH]1. The van der Waals surface area contributed by atoms with Crippen LogP contribution in [-0.2, 0) is 0 Å². The molecule has 11 nitrogen and oxygen atoms in total. The van der Waals surface area contributed by atoms with Crippen molar-refractivity contribution in [2.24, 2.45) is 17.4 Å². The fourth-order valence-corrected chi connectivity index (χ4v) is 2.73. The molecule has 152 valence electrons. The molecule has 0 aliphatic rings. The maximum Gasteiger partial charge on any atom is 0.267 e. The molecule has 3 rings (SSSR count). The van der Waals surface area contributed by atoms with Crippen molar-refractivity contribution >= 4 is 23.4 Å². The van der Waals surface area contributed by atoms with Gasteiger partial charge in [-0.15, -0.1) is 0 Å². The van der Waals surface area contributed by atoms with E-state index in [1.807, 2.05) is 19.9 Å². The number of H-pyrrole nitrogens is 1. The summed E-state index contributed by atoms with van der Waals surface area (Å²) in [6, 6.07) is 6.98. The summed E-state index contributed by atoms with van der Waals surface area (Å²) < 4.78 is 0. The highest BCUT2D eigenvalue weighted by Gasteiger charge is 2.19. The summed E-state index contributed by atoms with van der Waals surface area (Å²) in [5, 5.41) is 14.2. The summed E-state index contributed by atoms with van der Waals surface area (Å²) in [7, 11) is 0. The van der Waals surface area contributed by atoms with Crippen LogP contribution >= 0.6 is 0 Å². The number of carbonyl (C=O) groups is 1. The van der Waals surface area contributed by atoms with Crippen molar-refractivity contribution in [3.8, 4) is 5.69 Å². The number of anilines is 3. The van der Waals surface area contributed by atoms with Gasteiger partial charge in [0, 0.05) is 18.3 Å². The smallest absolute Gasteiger partial charge is 0.267 e. The molecule has 2 aromatic heterocycles. The molecule has 1 atom stereocenters. The van der Waals surface area contributed by atoms with Crippen LogP contribution in [0.3, 0.4) is 0 Å². The molecule has 0 bridgehead atoms. The molecule has 1 amide bonds. The van der Waals surface area contributed by atoms with Crippen molar-refractivity contribution in [2.75, 3.05) is 17.2 Å². The number of benzene rings is 1. The quantitative estimate of drug-likeness (QED) is 0.368. The van der Waals surface area contributed by atoms with Crippen LogP contribution in [0.1, 0.15) is 24.2 Å². The summed E-state index contributed by atoms with van der Waals surface area (Å²) in [6.45, 7) is 4.34. The van der Waals surface area contributed by atoms with Crippen LogP contribution in [0.15, 0.2) is 41.5 Å². The second kappa shape index (κ2) is 8.52. The van der Waals surface area contributed by atoms with E-state index in [1.54, 1.807) is 30.6 Å². The van der Waals surface area contributed by atoms with Gasteiger partial charge in [-0.2, -0.15) is 20.0 Å². The topological polar surface area (TPSA) is 170 Å². The highest BCUT2D eigenvalue weighted by atomic mass is 16.2. The zero-order valence-corrected chi connectivity index (χ0v) is 16.1. The fraction of sp³-hybridized carbons (Fsp3) is 0.278. The van der Waals surface area contributed by atoms with Crippen molar-refractivity contribution in [1.29, 1.82) is 0 Å². The first-order valence-corrected chi connectivity index (χ1v) is 9.03. The molecule has 0 saturated carbocycles. The predicted octanol–water partition coefficient (Wildman–Crippen LogP) is 0.588. The van der Waals surface area contributed by atoms with E-state index in [0.29, 0.717) is 17.9 Å². The predicted molar refractivity (Wildman–Crippen MR) is 109 cm³/mol. The number of aromatic nitrogens is 5. The molecule has 7 N–H and O–H groups in total. The zero-order chi connectivity index (χ0) is 21.0. The molecule has 3 aromatic rings. The highest BCUT2D eigenvalue weighted by Crippen LogP contribution is 2.20. The van der Waals surface area contributed by atoms with Gasteiger partial charge in [0.15, 0.2) is 5.82 Å². The summed E-state index contributed by atoms with van der Waals surface area (Å²) in [6.07, 6.45) is 3.12. The Morgan fingerprint density at radius 2 is 2.00 bits per heavy atom. The molecule has 1 aromatic carbocycles. The minimum atomic E-state index is -0.892. The largest absolute Gasteiger partial charge is 0.365 e. The Bertz CT molecular complexity index is 1040. The number of primary amides is 1. The molecule has 0 saturated heterocycles. The van der Waals surface area contributed by atoms with Gasteiger partial charge >= 0.3 is 0 Å². The molecule has 0 unspecified atom stereocenters. The molecule has 11 heteroatoms. The van der Waals surface area contributed by atoms with Gasteiger partial charge in [-0.25, -0.2) is 0 Å². The molecule has 0 aliphatic carbocycles. The number of hydrogen-bond acceptors (Lipinski definition) is 8. The third-order valence-electron chi connectivity index (χ3n) is 4.31. The highest BCUT2D eigenvalue weighted by molar-refractivity contribution is 5.98. The molecule has 0 radical (unpaired) electrons. The Labute approximate surface area is 166 Å². The number of nitrogens with zero attached hydrogens (tertiary/aromatic N) is 4. The lowest BCUT2D eigenvalue weighted by atomic mass is 10.1. The van der Waals surface area contributed by atoms with Crippen LogP contribution in [0.2, 0.25) is 0 Å². The Morgan fingerprint density at radius 3 is 2.62 bits per heavy atom. The number of nitrogens with one attached hydrogen (secondary N) is 3. The average molecular weight is 397 g/mol. The van der Waals surface area contributed by atoms with E-state index in [2.05, 4.69) is 30.8 Å². The lowest BCUT2D eigenvalue weighted by Gasteiger charge is -2.21. The first-order chi connectivity index (χ1) is 13.9.